The Hall–Kier alpha value is -1.90. The lowest BCUT2D eigenvalue weighted by atomic mass is 10.1. The maximum atomic E-state index is 14.7. The van der Waals surface area contributed by atoms with Crippen LogP contribution in [0.3, 0.4) is 0 Å². The zero-order valence-corrected chi connectivity index (χ0v) is 19.9. The van der Waals surface area contributed by atoms with E-state index in [-0.39, 0.29) is 11.6 Å². The molecule has 0 unspecified atom stereocenters. The number of aliphatic hydroxyl groups is 1. The molecule has 2 rings (SSSR count). The smallest absolute Gasteiger partial charge is 0.387 e. The molecule has 0 aromatic heterocycles. The summed E-state index contributed by atoms with van der Waals surface area (Å²) in [6.45, 7) is -1.55. The van der Waals surface area contributed by atoms with Gasteiger partial charge in [0, 0.05) is 10.0 Å². The summed E-state index contributed by atoms with van der Waals surface area (Å²) in [7, 11) is -4.58. The molecule has 2 atom stereocenters. The van der Waals surface area contributed by atoms with E-state index in [2.05, 4.69) is 9.07 Å². The van der Waals surface area contributed by atoms with Crippen LogP contribution in [0.4, 0.5) is 8.78 Å². The third kappa shape index (κ3) is 8.71. The molecular formula is C20H20Cl2F2O9S. The van der Waals surface area contributed by atoms with Gasteiger partial charge >= 0.3 is 22.0 Å². The van der Waals surface area contributed by atoms with Crippen LogP contribution in [-0.2, 0) is 51.9 Å². The summed E-state index contributed by atoms with van der Waals surface area (Å²) in [6, 6.07) is 12.8. The van der Waals surface area contributed by atoms with Crippen molar-refractivity contribution in [1.82, 2.24) is 0 Å². The summed E-state index contributed by atoms with van der Waals surface area (Å²) >= 11 is 11.9. The molecule has 2 aromatic carbocycles. The maximum absolute atomic E-state index is 14.7. The molecule has 14 heteroatoms. The van der Waals surface area contributed by atoms with Crippen LogP contribution in [0.2, 0.25) is 10.0 Å². The molecule has 0 aliphatic heterocycles. The Bertz CT molecular complexity index is 1070. The van der Waals surface area contributed by atoms with Crippen LogP contribution in [-0.4, -0.2) is 50.5 Å². The topological polar surface area (TPSA) is 118 Å². The first-order valence-electron chi connectivity index (χ1n) is 9.41. The molecule has 0 bridgehead atoms. The van der Waals surface area contributed by atoms with Crippen molar-refractivity contribution in [1.29, 1.82) is 0 Å². The minimum absolute atomic E-state index is 0.187. The van der Waals surface area contributed by atoms with Gasteiger partial charge in [-0.25, -0.2) is 24.3 Å². The Balaban J connectivity index is 2.05. The molecule has 0 fully saturated rings. The van der Waals surface area contributed by atoms with Gasteiger partial charge in [0.25, 0.3) is 0 Å². The highest BCUT2D eigenvalue weighted by Crippen LogP contribution is 2.28. The van der Waals surface area contributed by atoms with E-state index in [1.807, 2.05) is 0 Å². The molecule has 9 nitrogen and oxygen atoms in total. The molecule has 0 saturated carbocycles. The standard InChI is InChI=1S/C20H20Cl2F2O9S/c1-34(27,28)33-19(26)20(23,24)18(32-31-11-14-7-3-5-9-16(14)22)17(25)12-30-29-10-13-6-2-4-8-15(13)21/h2-9,17-18,25H,10-12H2,1H3/t17-,18-/m1/s1. The molecular weight excluding hydrogens is 525 g/mol. The van der Waals surface area contributed by atoms with Gasteiger partial charge in [0.2, 0.25) is 0 Å². The summed E-state index contributed by atoms with van der Waals surface area (Å²) in [5.41, 5.74) is 0.857. The van der Waals surface area contributed by atoms with Crippen molar-refractivity contribution < 1.29 is 50.8 Å². The summed E-state index contributed by atoms with van der Waals surface area (Å²) in [4.78, 5) is 30.7. The Morgan fingerprint density at radius 1 is 0.971 bits per heavy atom. The predicted octanol–water partition coefficient (Wildman–Crippen LogP) is 3.46. The van der Waals surface area contributed by atoms with Gasteiger partial charge in [-0.2, -0.15) is 17.2 Å². The SMILES string of the molecule is CS(=O)(=O)OC(=O)C(F)(F)[C@H](OOCc1ccccc1Cl)[C@H](O)COOCc1ccccc1Cl. The van der Waals surface area contributed by atoms with Crippen molar-refractivity contribution in [2.45, 2.75) is 31.3 Å². The largest absolute Gasteiger partial charge is 0.395 e. The molecule has 2 aromatic rings. The van der Waals surface area contributed by atoms with Gasteiger partial charge in [-0.15, -0.1) is 0 Å². The first kappa shape index (κ1) is 28.3. The van der Waals surface area contributed by atoms with E-state index >= 15 is 0 Å². The number of carbonyl (C=O) groups is 1. The van der Waals surface area contributed by atoms with Gasteiger partial charge < -0.3 is 9.29 Å². The lowest BCUT2D eigenvalue weighted by Gasteiger charge is -2.27. The van der Waals surface area contributed by atoms with Crippen LogP contribution in [0.1, 0.15) is 11.1 Å². The van der Waals surface area contributed by atoms with Crippen molar-refractivity contribution in [3.63, 3.8) is 0 Å². The fraction of sp³-hybridized carbons (Fsp3) is 0.350. The second kappa shape index (κ2) is 12.7. The van der Waals surface area contributed by atoms with Crippen molar-refractivity contribution in [2.75, 3.05) is 12.9 Å². The van der Waals surface area contributed by atoms with Crippen LogP contribution < -0.4 is 0 Å². The van der Waals surface area contributed by atoms with Gasteiger partial charge in [-0.05, 0) is 23.3 Å². The third-order valence-corrected chi connectivity index (χ3v) is 5.24. The third-order valence-electron chi connectivity index (χ3n) is 4.04. The fourth-order valence-corrected chi connectivity index (χ4v) is 3.15. The summed E-state index contributed by atoms with van der Waals surface area (Å²) < 4.78 is 55.3. The second-order valence-corrected chi connectivity index (χ2v) is 9.16. The normalized spacial score (nSPS) is 13.9. The number of rotatable bonds is 13. The highest BCUT2D eigenvalue weighted by Gasteiger charge is 2.55. The van der Waals surface area contributed by atoms with Crippen LogP contribution in [0.5, 0.6) is 0 Å². The van der Waals surface area contributed by atoms with Crippen LogP contribution in [0.15, 0.2) is 48.5 Å². The van der Waals surface area contributed by atoms with E-state index in [4.69, 9.17) is 37.9 Å². The maximum Gasteiger partial charge on any atom is 0.395 e. The first-order valence-corrected chi connectivity index (χ1v) is 12.0. The first-order chi connectivity index (χ1) is 15.9. The second-order valence-electron chi connectivity index (χ2n) is 6.77. The molecule has 34 heavy (non-hydrogen) atoms. The number of hydrogen-bond acceptors (Lipinski definition) is 9. The quantitative estimate of drug-likeness (QED) is 0.175. The van der Waals surface area contributed by atoms with Gasteiger partial charge in [-0.3, -0.25) is 0 Å². The van der Waals surface area contributed by atoms with Crippen LogP contribution in [0, 0.1) is 0 Å². The molecule has 0 aliphatic carbocycles. The number of carbonyl (C=O) groups excluding carboxylic acids is 1. The number of hydrogen-bond donors (Lipinski definition) is 1. The van der Waals surface area contributed by atoms with Gasteiger partial charge in [0.05, 0.1) is 6.26 Å². The number of aliphatic hydroxyl groups excluding tert-OH is 1. The zero-order chi connectivity index (χ0) is 25.4. The summed E-state index contributed by atoms with van der Waals surface area (Å²) in [5.74, 6) is -7.16. The van der Waals surface area contributed by atoms with E-state index in [0.29, 0.717) is 22.4 Å². The minimum Gasteiger partial charge on any atom is -0.387 e. The number of halogens is 4. The number of alkyl halides is 2. The van der Waals surface area contributed by atoms with Crippen LogP contribution in [0.25, 0.3) is 0 Å². The molecule has 0 aliphatic rings. The Morgan fingerprint density at radius 3 is 1.97 bits per heavy atom. The lowest BCUT2D eigenvalue weighted by molar-refractivity contribution is -0.388. The van der Waals surface area contributed by atoms with E-state index in [0.717, 1.165) is 0 Å². The van der Waals surface area contributed by atoms with Crippen molar-refractivity contribution in [2.24, 2.45) is 0 Å². The highest BCUT2D eigenvalue weighted by atomic mass is 35.5. The number of benzene rings is 2. The molecule has 0 spiro atoms. The van der Waals surface area contributed by atoms with E-state index in [1.54, 1.807) is 36.4 Å². The Kier molecular flexibility index (Phi) is 10.6. The van der Waals surface area contributed by atoms with E-state index < -0.39 is 47.4 Å². The molecule has 0 radical (unpaired) electrons. The summed E-state index contributed by atoms with van der Waals surface area (Å²) in [6.07, 6.45) is -4.58. The Morgan fingerprint density at radius 2 is 1.47 bits per heavy atom. The van der Waals surface area contributed by atoms with Gasteiger partial charge in [0.15, 0.2) is 6.10 Å². The van der Waals surface area contributed by atoms with E-state index in [9.17, 15) is 27.1 Å². The van der Waals surface area contributed by atoms with E-state index in [1.165, 1.54) is 12.1 Å². The van der Waals surface area contributed by atoms with Crippen molar-refractivity contribution in [3.05, 3.63) is 69.7 Å². The monoisotopic (exact) mass is 544 g/mol. The highest BCUT2D eigenvalue weighted by molar-refractivity contribution is 7.86. The lowest BCUT2D eigenvalue weighted by Crippen LogP contribution is -2.52. The van der Waals surface area contributed by atoms with Gasteiger partial charge in [-0.1, -0.05) is 59.6 Å². The molecule has 1 N–H and O–H groups in total. The van der Waals surface area contributed by atoms with Crippen molar-refractivity contribution >= 4 is 39.3 Å². The van der Waals surface area contributed by atoms with Crippen LogP contribution >= 0.6 is 23.2 Å². The average Bonchev–Trinajstić information content (AvgIpc) is 2.75. The molecule has 0 amide bonds. The zero-order valence-electron chi connectivity index (χ0n) is 17.5. The summed E-state index contributed by atoms with van der Waals surface area (Å²) in [5, 5.41) is 10.8. The average molecular weight is 545 g/mol. The Labute approximate surface area is 204 Å². The fourth-order valence-electron chi connectivity index (χ4n) is 2.39. The molecule has 0 saturated heterocycles. The minimum atomic E-state index is -4.67. The van der Waals surface area contributed by atoms with Crippen molar-refractivity contribution in [3.8, 4) is 0 Å². The molecule has 0 heterocycles. The molecule has 188 valence electrons. The predicted molar refractivity (Wildman–Crippen MR) is 115 cm³/mol. The van der Waals surface area contributed by atoms with Gasteiger partial charge in [0.1, 0.15) is 25.9 Å².